The fourth-order valence-electron chi connectivity index (χ4n) is 6.09. The van der Waals surface area contributed by atoms with E-state index in [4.69, 9.17) is 11.6 Å². The molecule has 1 saturated carbocycles. The van der Waals surface area contributed by atoms with E-state index in [0.717, 1.165) is 25.7 Å². The van der Waals surface area contributed by atoms with Gasteiger partial charge in [-0.25, -0.2) is 12.7 Å². The number of nitrogens with one attached hydrogen (secondary N) is 2. The Kier molecular flexibility index (Phi) is 8.73. The Hall–Kier alpha value is -0.900. The van der Waals surface area contributed by atoms with Crippen LogP contribution in [0.15, 0.2) is 0 Å². The summed E-state index contributed by atoms with van der Waals surface area (Å²) in [6.45, 7) is 7.63. The molecular formula is C23H41ClN4O4S. The number of carbonyl (C=O) groups excluding carboxylic acids is 2. The van der Waals surface area contributed by atoms with Gasteiger partial charge in [-0.15, -0.1) is 11.6 Å². The van der Waals surface area contributed by atoms with Gasteiger partial charge < -0.3 is 15.5 Å². The van der Waals surface area contributed by atoms with Crippen LogP contribution in [0.4, 0.5) is 0 Å². The molecule has 2 saturated heterocycles. The van der Waals surface area contributed by atoms with Gasteiger partial charge in [0, 0.05) is 49.1 Å². The number of nitrogens with zero attached hydrogens (tertiary/aromatic N) is 2. The molecule has 3 fully saturated rings. The Morgan fingerprint density at radius 1 is 1.18 bits per heavy atom. The topological polar surface area (TPSA) is 98.8 Å². The van der Waals surface area contributed by atoms with Crippen LogP contribution >= 0.6 is 11.6 Å². The fourth-order valence-corrected chi connectivity index (χ4v) is 7.34. The van der Waals surface area contributed by atoms with Crippen molar-refractivity contribution in [1.82, 2.24) is 19.8 Å². The second-order valence-corrected chi connectivity index (χ2v) is 13.2. The van der Waals surface area contributed by atoms with E-state index in [9.17, 15) is 18.0 Å². The van der Waals surface area contributed by atoms with Crippen molar-refractivity contribution in [3.8, 4) is 0 Å². The van der Waals surface area contributed by atoms with Crippen LogP contribution in [0.5, 0.6) is 0 Å². The van der Waals surface area contributed by atoms with Gasteiger partial charge in [-0.2, -0.15) is 0 Å². The number of carbonyl (C=O) groups is 2. The summed E-state index contributed by atoms with van der Waals surface area (Å²) in [5.41, 5.74) is 0. The highest BCUT2D eigenvalue weighted by Gasteiger charge is 2.42. The highest BCUT2D eigenvalue weighted by molar-refractivity contribution is 7.88. The third kappa shape index (κ3) is 6.41. The Morgan fingerprint density at radius 3 is 2.39 bits per heavy atom. The second kappa shape index (κ2) is 10.8. The lowest BCUT2D eigenvalue weighted by atomic mass is 9.74. The summed E-state index contributed by atoms with van der Waals surface area (Å²) in [7, 11) is -1.07. The van der Waals surface area contributed by atoms with Gasteiger partial charge in [0.1, 0.15) is 0 Å². The van der Waals surface area contributed by atoms with Gasteiger partial charge in [0.05, 0.1) is 12.2 Å². The van der Waals surface area contributed by atoms with Gasteiger partial charge >= 0.3 is 0 Å². The molecule has 2 aliphatic heterocycles. The van der Waals surface area contributed by atoms with Crippen LogP contribution in [0.25, 0.3) is 0 Å². The van der Waals surface area contributed by atoms with Crippen molar-refractivity contribution < 1.29 is 18.0 Å². The molecule has 2 amide bonds. The summed E-state index contributed by atoms with van der Waals surface area (Å²) in [4.78, 5) is 27.9. The zero-order valence-corrected chi connectivity index (χ0v) is 22.2. The van der Waals surface area contributed by atoms with E-state index >= 15 is 0 Å². The predicted octanol–water partition coefficient (Wildman–Crippen LogP) is 1.64. The number of sulfonamides is 1. The Balaban J connectivity index is 1.59. The second-order valence-electron chi connectivity index (χ2n) is 10.6. The largest absolute Gasteiger partial charge is 0.355 e. The summed E-state index contributed by atoms with van der Waals surface area (Å²) in [5, 5.41) is 5.97. The maximum atomic E-state index is 13.2. The first-order valence-corrected chi connectivity index (χ1v) is 14.6. The number of amides is 2. The molecule has 7 atom stereocenters. The molecule has 8 nitrogen and oxygen atoms in total. The van der Waals surface area contributed by atoms with Crippen molar-refractivity contribution in [2.45, 2.75) is 76.4 Å². The molecule has 190 valence electrons. The van der Waals surface area contributed by atoms with E-state index in [1.54, 1.807) is 4.31 Å². The summed E-state index contributed by atoms with van der Waals surface area (Å²) in [5.74, 6) is -0.0471. The van der Waals surface area contributed by atoms with Crippen LogP contribution in [0, 0.1) is 23.7 Å². The standard InChI is InChI=1S/C23H41ClN4O4S/c1-14-10-15(2)26-23(30)20(14)13-25-22(29)19-11-17(24)12-21(16(19)3)27(4)18-6-8-28(9-7-18)33(5,31)32/h14-21H,6-13H2,1-5H3,(H,25,29)(H,26,30). The van der Waals surface area contributed by atoms with Crippen LogP contribution in [-0.2, 0) is 19.6 Å². The average molecular weight is 505 g/mol. The fraction of sp³-hybridized carbons (Fsp3) is 0.913. The zero-order valence-electron chi connectivity index (χ0n) is 20.6. The van der Waals surface area contributed by atoms with Crippen LogP contribution in [-0.4, -0.2) is 85.9 Å². The van der Waals surface area contributed by atoms with Crippen molar-refractivity contribution >= 4 is 33.4 Å². The molecule has 10 heteroatoms. The van der Waals surface area contributed by atoms with E-state index in [1.807, 2.05) is 6.92 Å². The maximum Gasteiger partial charge on any atom is 0.225 e. The van der Waals surface area contributed by atoms with Crippen molar-refractivity contribution in [2.75, 3.05) is 32.9 Å². The minimum atomic E-state index is -3.15. The summed E-state index contributed by atoms with van der Waals surface area (Å²) in [6.07, 6.45) is 5.19. The lowest BCUT2D eigenvalue weighted by Crippen LogP contribution is -2.55. The maximum absolute atomic E-state index is 13.2. The van der Waals surface area contributed by atoms with Crippen LogP contribution in [0.3, 0.4) is 0 Å². The molecule has 7 unspecified atom stereocenters. The van der Waals surface area contributed by atoms with Crippen LogP contribution in [0.1, 0.15) is 52.9 Å². The van der Waals surface area contributed by atoms with E-state index in [-0.39, 0.29) is 59.0 Å². The number of halogens is 1. The van der Waals surface area contributed by atoms with E-state index in [1.165, 1.54) is 6.26 Å². The van der Waals surface area contributed by atoms with Gasteiger partial charge in [-0.1, -0.05) is 13.8 Å². The van der Waals surface area contributed by atoms with Gasteiger partial charge in [0.25, 0.3) is 0 Å². The van der Waals surface area contributed by atoms with Crippen molar-refractivity contribution in [1.29, 1.82) is 0 Å². The molecular weight excluding hydrogens is 464 g/mol. The van der Waals surface area contributed by atoms with Crippen LogP contribution in [0.2, 0.25) is 0 Å². The third-order valence-corrected chi connectivity index (χ3v) is 9.87. The Morgan fingerprint density at radius 2 is 1.82 bits per heavy atom. The van der Waals surface area contributed by atoms with Crippen molar-refractivity contribution in [3.05, 3.63) is 0 Å². The minimum Gasteiger partial charge on any atom is -0.355 e. The third-order valence-electron chi connectivity index (χ3n) is 8.21. The zero-order chi connectivity index (χ0) is 24.5. The summed E-state index contributed by atoms with van der Waals surface area (Å²) >= 11 is 6.63. The number of alkyl halides is 1. The normalized spacial score (nSPS) is 37.1. The minimum absolute atomic E-state index is 0.0169. The number of piperidine rings is 2. The van der Waals surface area contributed by atoms with E-state index < -0.39 is 10.0 Å². The molecule has 1 aliphatic carbocycles. The molecule has 0 aromatic carbocycles. The monoisotopic (exact) mass is 504 g/mol. The molecule has 0 aromatic heterocycles. The van der Waals surface area contributed by atoms with Gasteiger partial charge in [0.15, 0.2) is 0 Å². The Labute approximate surface area is 204 Å². The molecule has 2 heterocycles. The molecule has 0 radical (unpaired) electrons. The summed E-state index contributed by atoms with van der Waals surface area (Å²) in [6, 6.07) is 0.606. The number of rotatable bonds is 6. The first-order chi connectivity index (χ1) is 15.4. The molecule has 0 spiro atoms. The SMILES string of the molecule is CC1CC(C)C(CNC(=O)C2CC(Cl)CC(N(C)C3CCN(S(C)(=O)=O)CC3)C2C)C(=O)N1. The molecule has 3 aliphatic rings. The summed E-state index contributed by atoms with van der Waals surface area (Å²) < 4.78 is 25.2. The first kappa shape index (κ1) is 26.7. The van der Waals surface area contributed by atoms with Gasteiger partial charge in [-0.3, -0.25) is 9.59 Å². The average Bonchev–Trinajstić information content (AvgIpc) is 2.73. The highest BCUT2D eigenvalue weighted by atomic mass is 35.5. The molecule has 33 heavy (non-hydrogen) atoms. The lowest BCUT2D eigenvalue weighted by molar-refractivity contribution is -0.132. The van der Waals surface area contributed by atoms with Crippen molar-refractivity contribution in [2.24, 2.45) is 23.7 Å². The molecule has 0 aromatic rings. The first-order valence-electron chi connectivity index (χ1n) is 12.3. The van der Waals surface area contributed by atoms with Crippen molar-refractivity contribution in [3.63, 3.8) is 0 Å². The quantitative estimate of drug-likeness (QED) is 0.536. The van der Waals surface area contributed by atoms with E-state index in [2.05, 4.69) is 36.4 Å². The van der Waals surface area contributed by atoms with E-state index in [0.29, 0.717) is 26.1 Å². The van der Waals surface area contributed by atoms with Gasteiger partial charge in [-0.05, 0) is 57.9 Å². The lowest BCUT2D eigenvalue weighted by Gasteiger charge is -2.46. The van der Waals surface area contributed by atoms with Gasteiger partial charge in [0.2, 0.25) is 21.8 Å². The molecule has 0 bridgehead atoms. The molecule has 3 rings (SSSR count). The number of hydrogen-bond donors (Lipinski definition) is 2. The number of hydrogen-bond acceptors (Lipinski definition) is 5. The smallest absolute Gasteiger partial charge is 0.225 e. The highest BCUT2D eigenvalue weighted by Crippen LogP contribution is 2.37. The molecule has 2 N–H and O–H groups in total. The Bertz CT molecular complexity index is 817. The van der Waals surface area contributed by atoms with Crippen LogP contribution < -0.4 is 10.6 Å². The predicted molar refractivity (Wildman–Crippen MR) is 130 cm³/mol.